The normalized spacial score (nSPS) is 12.1. The number of methoxy groups -OCH3 is 3. The molecule has 108 valence electrons. The Morgan fingerprint density at radius 3 is 2.20 bits per heavy atom. The standard InChI is InChI=1S/C15H17BrO4/c1-9-7-8-20-13(9)12(16)10-5-6-11(17-2)15(19-4)14(10)18-3/h5-8,12H,1-4H3. The van der Waals surface area contributed by atoms with Gasteiger partial charge in [-0.25, -0.2) is 0 Å². The van der Waals surface area contributed by atoms with Crippen molar-refractivity contribution >= 4 is 15.9 Å². The van der Waals surface area contributed by atoms with E-state index in [-0.39, 0.29) is 4.83 Å². The van der Waals surface area contributed by atoms with E-state index in [9.17, 15) is 0 Å². The molecule has 1 aromatic heterocycles. The maximum atomic E-state index is 5.54. The third kappa shape index (κ3) is 2.50. The first kappa shape index (κ1) is 14.8. The Morgan fingerprint density at radius 1 is 1.00 bits per heavy atom. The molecule has 0 aliphatic heterocycles. The minimum atomic E-state index is -0.118. The summed E-state index contributed by atoms with van der Waals surface area (Å²) < 4.78 is 21.7. The lowest BCUT2D eigenvalue weighted by atomic mass is 10.1. The van der Waals surface area contributed by atoms with Crippen molar-refractivity contribution < 1.29 is 18.6 Å². The van der Waals surface area contributed by atoms with Gasteiger partial charge in [-0.05, 0) is 30.7 Å². The third-order valence-electron chi connectivity index (χ3n) is 3.14. The summed E-state index contributed by atoms with van der Waals surface area (Å²) >= 11 is 3.66. The summed E-state index contributed by atoms with van der Waals surface area (Å²) in [5.41, 5.74) is 1.99. The Balaban J connectivity index is 2.54. The Kier molecular flexibility index (Phi) is 4.60. The predicted molar refractivity (Wildman–Crippen MR) is 80.3 cm³/mol. The minimum absolute atomic E-state index is 0.118. The van der Waals surface area contributed by atoms with Crippen LogP contribution in [-0.2, 0) is 0 Å². The fourth-order valence-corrected chi connectivity index (χ4v) is 2.94. The van der Waals surface area contributed by atoms with Crippen molar-refractivity contribution in [3.63, 3.8) is 0 Å². The smallest absolute Gasteiger partial charge is 0.203 e. The Bertz CT molecular complexity index is 592. The molecule has 2 aromatic rings. The maximum Gasteiger partial charge on any atom is 0.203 e. The number of furan rings is 1. The molecule has 0 N–H and O–H groups in total. The van der Waals surface area contributed by atoms with Crippen LogP contribution in [0.3, 0.4) is 0 Å². The molecule has 0 aliphatic rings. The molecule has 20 heavy (non-hydrogen) atoms. The monoisotopic (exact) mass is 340 g/mol. The number of alkyl halides is 1. The van der Waals surface area contributed by atoms with Crippen LogP contribution >= 0.6 is 15.9 Å². The van der Waals surface area contributed by atoms with E-state index in [2.05, 4.69) is 15.9 Å². The molecule has 0 amide bonds. The van der Waals surface area contributed by atoms with Crippen LogP contribution in [0.25, 0.3) is 0 Å². The molecule has 1 atom stereocenters. The van der Waals surface area contributed by atoms with Crippen LogP contribution in [0, 0.1) is 6.92 Å². The van der Waals surface area contributed by atoms with Crippen molar-refractivity contribution in [2.24, 2.45) is 0 Å². The molecule has 2 rings (SSSR count). The summed E-state index contributed by atoms with van der Waals surface area (Å²) in [7, 11) is 4.79. The molecule has 1 aromatic carbocycles. The molecular weight excluding hydrogens is 324 g/mol. The number of halogens is 1. The van der Waals surface area contributed by atoms with E-state index < -0.39 is 0 Å². The van der Waals surface area contributed by atoms with Gasteiger partial charge in [0, 0.05) is 5.56 Å². The predicted octanol–water partition coefficient (Wildman–Crippen LogP) is 4.10. The first-order valence-electron chi connectivity index (χ1n) is 6.11. The van der Waals surface area contributed by atoms with Crippen LogP contribution in [0.4, 0.5) is 0 Å². The van der Waals surface area contributed by atoms with Gasteiger partial charge in [-0.1, -0.05) is 15.9 Å². The fourth-order valence-electron chi connectivity index (χ4n) is 2.11. The minimum Gasteiger partial charge on any atom is -0.493 e. The molecule has 0 saturated heterocycles. The zero-order valence-electron chi connectivity index (χ0n) is 11.9. The highest BCUT2D eigenvalue weighted by Crippen LogP contribution is 2.46. The van der Waals surface area contributed by atoms with Gasteiger partial charge in [0.2, 0.25) is 5.75 Å². The zero-order chi connectivity index (χ0) is 14.7. The largest absolute Gasteiger partial charge is 0.493 e. The first-order valence-corrected chi connectivity index (χ1v) is 7.02. The number of hydrogen-bond donors (Lipinski definition) is 0. The van der Waals surface area contributed by atoms with E-state index >= 15 is 0 Å². The summed E-state index contributed by atoms with van der Waals surface area (Å²) in [5.74, 6) is 2.67. The molecule has 1 unspecified atom stereocenters. The van der Waals surface area contributed by atoms with E-state index in [1.54, 1.807) is 27.6 Å². The summed E-state index contributed by atoms with van der Waals surface area (Å²) in [5, 5.41) is 0. The van der Waals surface area contributed by atoms with Gasteiger partial charge >= 0.3 is 0 Å². The molecule has 0 saturated carbocycles. The van der Waals surface area contributed by atoms with Gasteiger partial charge < -0.3 is 18.6 Å². The average Bonchev–Trinajstić information content (AvgIpc) is 2.90. The molecule has 0 spiro atoms. The highest BCUT2D eigenvalue weighted by molar-refractivity contribution is 9.09. The number of aryl methyl sites for hydroxylation is 1. The average molecular weight is 341 g/mol. The molecule has 0 bridgehead atoms. The van der Waals surface area contributed by atoms with Gasteiger partial charge in [0.05, 0.1) is 27.6 Å². The zero-order valence-corrected chi connectivity index (χ0v) is 13.5. The van der Waals surface area contributed by atoms with Crippen molar-refractivity contribution in [1.29, 1.82) is 0 Å². The lowest BCUT2D eigenvalue weighted by Crippen LogP contribution is -2.01. The molecule has 4 nitrogen and oxygen atoms in total. The summed E-state index contributed by atoms with van der Waals surface area (Å²) in [6.45, 7) is 2.00. The van der Waals surface area contributed by atoms with E-state index in [0.717, 1.165) is 16.9 Å². The van der Waals surface area contributed by atoms with Crippen molar-refractivity contribution in [2.45, 2.75) is 11.8 Å². The van der Waals surface area contributed by atoms with Crippen LogP contribution in [0.2, 0.25) is 0 Å². The number of hydrogen-bond acceptors (Lipinski definition) is 4. The van der Waals surface area contributed by atoms with Crippen LogP contribution in [0.5, 0.6) is 17.2 Å². The van der Waals surface area contributed by atoms with Crippen LogP contribution in [0.1, 0.15) is 21.7 Å². The van der Waals surface area contributed by atoms with Gasteiger partial charge in [0.15, 0.2) is 11.5 Å². The third-order valence-corrected chi connectivity index (χ3v) is 4.05. The second-order valence-corrected chi connectivity index (χ2v) is 5.17. The second-order valence-electron chi connectivity index (χ2n) is 4.25. The summed E-state index contributed by atoms with van der Waals surface area (Å²) in [6.07, 6.45) is 1.67. The van der Waals surface area contributed by atoms with Gasteiger partial charge in [-0.15, -0.1) is 0 Å². The van der Waals surface area contributed by atoms with Gasteiger partial charge in [0.1, 0.15) is 10.6 Å². The lowest BCUT2D eigenvalue weighted by Gasteiger charge is -2.18. The molecule has 5 heteroatoms. The SMILES string of the molecule is COc1ccc(C(Br)c2occc2C)c(OC)c1OC. The van der Waals surface area contributed by atoms with Gasteiger partial charge in [-0.2, -0.15) is 0 Å². The topological polar surface area (TPSA) is 40.8 Å². The Hall–Kier alpha value is -1.62. The number of ether oxygens (including phenoxy) is 3. The number of rotatable bonds is 5. The van der Waals surface area contributed by atoms with E-state index in [1.165, 1.54) is 0 Å². The molecular formula is C15H17BrO4. The Morgan fingerprint density at radius 2 is 1.70 bits per heavy atom. The van der Waals surface area contributed by atoms with Crippen LogP contribution in [-0.4, -0.2) is 21.3 Å². The maximum absolute atomic E-state index is 5.54. The Labute approximate surface area is 126 Å². The van der Waals surface area contributed by atoms with Crippen molar-refractivity contribution in [1.82, 2.24) is 0 Å². The summed E-state index contributed by atoms with van der Waals surface area (Å²) in [4.78, 5) is -0.118. The van der Waals surface area contributed by atoms with Crippen molar-refractivity contribution in [2.75, 3.05) is 21.3 Å². The molecule has 0 radical (unpaired) electrons. The van der Waals surface area contributed by atoms with Gasteiger partial charge in [-0.3, -0.25) is 0 Å². The van der Waals surface area contributed by atoms with Gasteiger partial charge in [0.25, 0.3) is 0 Å². The van der Waals surface area contributed by atoms with Crippen molar-refractivity contribution in [3.8, 4) is 17.2 Å². The summed E-state index contributed by atoms with van der Waals surface area (Å²) in [6, 6.07) is 5.71. The molecule has 1 heterocycles. The van der Waals surface area contributed by atoms with E-state index in [1.807, 2.05) is 25.1 Å². The first-order chi connectivity index (χ1) is 9.63. The quantitative estimate of drug-likeness (QED) is 0.768. The van der Waals surface area contributed by atoms with E-state index in [4.69, 9.17) is 18.6 Å². The lowest BCUT2D eigenvalue weighted by molar-refractivity contribution is 0.322. The second kappa shape index (κ2) is 6.22. The fraction of sp³-hybridized carbons (Fsp3) is 0.333. The highest BCUT2D eigenvalue weighted by atomic mass is 79.9. The van der Waals surface area contributed by atoms with Crippen molar-refractivity contribution in [3.05, 3.63) is 41.3 Å². The molecule has 0 aliphatic carbocycles. The van der Waals surface area contributed by atoms with E-state index in [0.29, 0.717) is 17.2 Å². The van der Waals surface area contributed by atoms with Crippen LogP contribution < -0.4 is 14.2 Å². The molecule has 0 fully saturated rings. The van der Waals surface area contributed by atoms with Crippen LogP contribution in [0.15, 0.2) is 28.9 Å². The highest BCUT2D eigenvalue weighted by Gasteiger charge is 2.24. The number of benzene rings is 1.